The van der Waals surface area contributed by atoms with Gasteiger partial charge in [0.25, 0.3) is 0 Å². The topological polar surface area (TPSA) is 73.8 Å². The molecule has 0 aliphatic heterocycles. The zero-order chi connectivity index (χ0) is 17.7. The number of rotatable bonds is 4. The smallest absolute Gasteiger partial charge is 0.177 e. The number of aromatic nitrogens is 7. The van der Waals surface area contributed by atoms with Crippen LogP contribution in [0.4, 0.5) is 0 Å². The van der Waals surface area contributed by atoms with Gasteiger partial charge in [0, 0.05) is 24.9 Å². The van der Waals surface area contributed by atoms with Gasteiger partial charge in [0.05, 0.1) is 11.4 Å². The summed E-state index contributed by atoms with van der Waals surface area (Å²) in [6.45, 7) is 4.82. The molecule has 2 atom stereocenters. The molecule has 0 spiro atoms. The zero-order valence-electron chi connectivity index (χ0n) is 14.7. The molecule has 4 aromatic rings. The van der Waals surface area contributed by atoms with Crippen molar-refractivity contribution in [3.63, 3.8) is 0 Å². The Kier molecular flexibility index (Phi) is 3.34. The van der Waals surface area contributed by atoms with Gasteiger partial charge in [-0.1, -0.05) is 0 Å². The standard InChI is InChI=1S/C19H19N7/c1-3-25-18(16-4-5-19-22-21-12(2)26(19)24-16)11-17(23-25)15-10-14(15)13-6-8-20-9-7-13/h4-9,11,14-15H,3,10H2,1-2H3. The fourth-order valence-electron chi connectivity index (χ4n) is 3.60. The van der Waals surface area contributed by atoms with E-state index in [1.54, 1.807) is 4.52 Å². The normalized spacial score (nSPS) is 19.2. The van der Waals surface area contributed by atoms with Gasteiger partial charge in [-0.25, -0.2) is 0 Å². The number of nitrogens with zero attached hydrogens (tertiary/aromatic N) is 7. The van der Waals surface area contributed by atoms with Crippen molar-refractivity contribution in [2.75, 3.05) is 0 Å². The molecule has 4 aromatic heterocycles. The van der Waals surface area contributed by atoms with Crippen molar-refractivity contribution in [1.82, 2.24) is 34.6 Å². The molecule has 4 heterocycles. The van der Waals surface area contributed by atoms with Crippen molar-refractivity contribution in [2.24, 2.45) is 0 Å². The van der Waals surface area contributed by atoms with Crippen LogP contribution in [0.15, 0.2) is 42.7 Å². The summed E-state index contributed by atoms with van der Waals surface area (Å²) in [5.74, 6) is 1.80. The van der Waals surface area contributed by atoms with Crippen LogP contribution in [0, 0.1) is 6.92 Å². The summed E-state index contributed by atoms with van der Waals surface area (Å²) in [4.78, 5) is 4.11. The second kappa shape index (κ2) is 5.72. The van der Waals surface area contributed by atoms with Gasteiger partial charge in [-0.15, -0.1) is 10.2 Å². The molecule has 0 bridgehead atoms. The van der Waals surface area contributed by atoms with Crippen molar-refractivity contribution in [3.8, 4) is 11.4 Å². The fourth-order valence-corrected chi connectivity index (χ4v) is 3.60. The maximum absolute atomic E-state index is 4.85. The minimum Gasteiger partial charge on any atom is -0.265 e. The van der Waals surface area contributed by atoms with Crippen molar-refractivity contribution >= 4 is 5.65 Å². The summed E-state index contributed by atoms with van der Waals surface area (Å²) in [6, 6.07) is 10.3. The van der Waals surface area contributed by atoms with E-state index in [2.05, 4.69) is 40.3 Å². The molecule has 1 aliphatic rings. The number of pyridine rings is 1. The molecule has 0 amide bonds. The summed E-state index contributed by atoms with van der Waals surface area (Å²) >= 11 is 0. The maximum atomic E-state index is 4.85. The van der Waals surface area contributed by atoms with Gasteiger partial charge in [0.2, 0.25) is 0 Å². The predicted octanol–water partition coefficient (Wildman–Crippen LogP) is 2.98. The largest absolute Gasteiger partial charge is 0.265 e. The van der Waals surface area contributed by atoms with E-state index in [-0.39, 0.29) is 0 Å². The first-order valence-corrected chi connectivity index (χ1v) is 8.91. The highest BCUT2D eigenvalue weighted by atomic mass is 15.4. The van der Waals surface area contributed by atoms with Crippen LogP contribution >= 0.6 is 0 Å². The summed E-state index contributed by atoms with van der Waals surface area (Å²) in [5, 5.41) is 17.7. The number of hydrogen-bond donors (Lipinski definition) is 0. The zero-order valence-corrected chi connectivity index (χ0v) is 14.7. The molecule has 26 heavy (non-hydrogen) atoms. The summed E-state index contributed by atoms with van der Waals surface area (Å²) in [5.41, 5.74) is 5.18. The van der Waals surface area contributed by atoms with Gasteiger partial charge >= 0.3 is 0 Å². The highest BCUT2D eigenvalue weighted by Crippen LogP contribution is 2.54. The highest BCUT2D eigenvalue weighted by Gasteiger charge is 2.41. The summed E-state index contributed by atoms with van der Waals surface area (Å²) in [7, 11) is 0. The fraction of sp³-hybridized carbons (Fsp3) is 0.316. The van der Waals surface area contributed by atoms with Crippen LogP contribution in [0.2, 0.25) is 0 Å². The quantitative estimate of drug-likeness (QED) is 0.568. The van der Waals surface area contributed by atoms with Crippen LogP contribution in [0.1, 0.15) is 42.3 Å². The molecule has 1 saturated carbocycles. The molecule has 0 radical (unpaired) electrons. The number of fused-ring (bicyclic) bond motifs is 1. The van der Waals surface area contributed by atoms with E-state index in [1.165, 1.54) is 5.56 Å². The molecule has 7 nitrogen and oxygen atoms in total. The van der Waals surface area contributed by atoms with E-state index < -0.39 is 0 Å². The van der Waals surface area contributed by atoms with E-state index in [0.29, 0.717) is 11.8 Å². The van der Waals surface area contributed by atoms with Gasteiger partial charge in [-0.3, -0.25) is 9.67 Å². The SMILES string of the molecule is CCn1nc(C2CC2c2ccncc2)cc1-c1ccc2nnc(C)n2n1. The van der Waals surface area contributed by atoms with Crippen LogP contribution in [-0.4, -0.2) is 34.6 Å². The van der Waals surface area contributed by atoms with Crippen LogP contribution in [0.5, 0.6) is 0 Å². The van der Waals surface area contributed by atoms with E-state index in [9.17, 15) is 0 Å². The van der Waals surface area contributed by atoms with Gasteiger partial charge in [0.15, 0.2) is 11.5 Å². The highest BCUT2D eigenvalue weighted by molar-refractivity contribution is 5.57. The third-order valence-corrected chi connectivity index (χ3v) is 5.08. The minimum absolute atomic E-state index is 0.476. The molecule has 0 saturated heterocycles. The average Bonchev–Trinajstić information content (AvgIpc) is 3.24. The van der Waals surface area contributed by atoms with Crippen molar-refractivity contribution < 1.29 is 0 Å². The lowest BCUT2D eigenvalue weighted by molar-refractivity contribution is 0.650. The lowest BCUT2D eigenvalue weighted by Crippen LogP contribution is -2.03. The Labute approximate surface area is 150 Å². The monoisotopic (exact) mass is 345 g/mol. The molecule has 2 unspecified atom stereocenters. The number of aryl methyl sites for hydroxylation is 2. The first-order valence-electron chi connectivity index (χ1n) is 8.91. The van der Waals surface area contributed by atoms with E-state index in [0.717, 1.165) is 41.5 Å². The molecule has 0 N–H and O–H groups in total. The Morgan fingerprint density at radius 2 is 1.88 bits per heavy atom. The Bertz CT molecular complexity index is 1080. The lowest BCUT2D eigenvalue weighted by Gasteiger charge is -2.04. The van der Waals surface area contributed by atoms with Crippen LogP contribution in [-0.2, 0) is 6.54 Å². The molecule has 7 heteroatoms. The third-order valence-electron chi connectivity index (χ3n) is 5.08. The summed E-state index contributed by atoms with van der Waals surface area (Å²) < 4.78 is 3.81. The van der Waals surface area contributed by atoms with Gasteiger partial charge in [-0.2, -0.15) is 14.7 Å². The van der Waals surface area contributed by atoms with Crippen LogP contribution < -0.4 is 0 Å². The van der Waals surface area contributed by atoms with Gasteiger partial charge in [0.1, 0.15) is 5.69 Å². The predicted molar refractivity (Wildman–Crippen MR) is 96.8 cm³/mol. The third kappa shape index (κ3) is 2.39. The van der Waals surface area contributed by atoms with E-state index in [4.69, 9.17) is 10.2 Å². The molecular formula is C19H19N7. The lowest BCUT2D eigenvalue weighted by atomic mass is 10.1. The van der Waals surface area contributed by atoms with Crippen LogP contribution in [0.3, 0.4) is 0 Å². The average molecular weight is 345 g/mol. The number of hydrogen-bond acceptors (Lipinski definition) is 5. The van der Waals surface area contributed by atoms with Gasteiger partial charge < -0.3 is 0 Å². The Hall–Kier alpha value is -3.09. The Morgan fingerprint density at radius 3 is 2.69 bits per heavy atom. The molecule has 0 aromatic carbocycles. The van der Waals surface area contributed by atoms with E-state index in [1.807, 2.05) is 36.1 Å². The Balaban J connectivity index is 1.51. The molecule has 130 valence electrons. The van der Waals surface area contributed by atoms with Gasteiger partial charge in [-0.05, 0) is 62.1 Å². The summed E-state index contributed by atoms with van der Waals surface area (Å²) in [6.07, 6.45) is 4.87. The first-order chi connectivity index (χ1) is 12.7. The van der Waals surface area contributed by atoms with Crippen molar-refractivity contribution in [2.45, 2.75) is 38.6 Å². The van der Waals surface area contributed by atoms with Crippen molar-refractivity contribution in [1.29, 1.82) is 0 Å². The van der Waals surface area contributed by atoms with E-state index >= 15 is 0 Å². The minimum atomic E-state index is 0.476. The molecular weight excluding hydrogens is 326 g/mol. The Morgan fingerprint density at radius 1 is 1.04 bits per heavy atom. The van der Waals surface area contributed by atoms with Crippen LogP contribution in [0.25, 0.3) is 17.0 Å². The molecule has 1 fully saturated rings. The molecule has 5 rings (SSSR count). The molecule has 1 aliphatic carbocycles. The second-order valence-corrected chi connectivity index (χ2v) is 6.74. The first kappa shape index (κ1) is 15.2. The van der Waals surface area contributed by atoms with Crippen molar-refractivity contribution in [3.05, 3.63) is 59.8 Å². The maximum Gasteiger partial charge on any atom is 0.177 e. The second-order valence-electron chi connectivity index (χ2n) is 6.74.